The van der Waals surface area contributed by atoms with Crippen molar-refractivity contribution in [2.75, 3.05) is 26.9 Å². The summed E-state index contributed by atoms with van der Waals surface area (Å²) in [6, 6.07) is 14.5. The monoisotopic (exact) mass is 349 g/mol. The first-order chi connectivity index (χ1) is 11.7. The van der Waals surface area contributed by atoms with Gasteiger partial charge in [-0.05, 0) is 35.9 Å². The highest BCUT2D eigenvalue weighted by Gasteiger charge is 2.04. The number of rotatable bonds is 9. The molecule has 1 amide bonds. The van der Waals surface area contributed by atoms with E-state index < -0.39 is 0 Å². The summed E-state index contributed by atoms with van der Waals surface area (Å²) in [5.41, 5.74) is 0.977. The molecule has 0 aliphatic rings. The van der Waals surface area contributed by atoms with E-state index in [2.05, 4.69) is 5.32 Å². The summed E-state index contributed by atoms with van der Waals surface area (Å²) in [5, 5.41) is 3.37. The average molecular weight is 350 g/mol. The zero-order valence-electron chi connectivity index (χ0n) is 13.5. The fourth-order valence-corrected chi connectivity index (χ4v) is 2.08. The Balaban J connectivity index is 1.71. The van der Waals surface area contributed by atoms with Crippen LogP contribution in [0.3, 0.4) is 0 Å². The van der Waals surface area contributed by atoms with Gasteiger partial charge in [0.2, 0.25) is 0 Å². The van der Waals surface area contributed by atoms with Crippen LogP contribution in [-0.4, -0.2) is 32.8 Å². The number of carbonyl (C=O) groups excluding carboxylic acids is 1. The molecule has 0 radical (unpaired) electrons. The summed E-state index contributed by atoms with van der Waals surface area (Å²) in [6.07, 6.45) is 0. The van der Waals surface area contributed by atoms with Gasteiger partial charge in [0, 0.05) is 18.7 Å². The fourth-order valence-electron chi connectivity index (χ4n) is 1.90. The summed E-state index contributed by atoms with van der Waals surface area (Å²) in [4.78, 5) is 11.8. The molecule has 24 heavy (non-hydrogen) atoms. The van der Waals surface area contributed by atoms with E-state index in [1.165, 1.54) is 0 Å². The highest BCUT2D eigenvalue weighted by atomic mass is 35.5. The molecule has 2 rings (SSSR count). The number of halogens is 1. The molecule has 0 fully saturated rings. The van der Waals surface area contributed by atoms with Crippen molar-refractivity contribution in [2.24, 2.45) is 0 Å². The molecule has 0 saturated heterocycles. The van der Waals surface area contributed by atoms with Crippen molar-refractivity contribution >= 4 is 17.5 Å². The first-order valence-electron chi connectivity index (χ1n) is 7.53. The Morgan fingerprint density at radius 3 is 2.54 bits per heavy atom. The fraction of sp³-hybridized carbons (Fsp3) is 0.278. The molecule has 0 bridgehead atoms. The molecular weight excluding hydrogens is 330 g/mol. The summed E-state index contributed by atoms with van der Waals surface area (Å²) >= 11 is 5.86. The van der Waals surface area contributed by atoms with Crippen LogP contribution in [0.4, 0.5) is 0 Å². The predicted octanol–water partition coefficient (Wildman–Crippen LogP) is 3.06. The molecule has 0 aliphatic carbocycles. The van der Waals surface area contributed by atoms with Gasteiger partial charge in [-0.1, -0.05) is 29.8 Å². The van der Waals surface area contributed by atoms with E-state index >= 15 is 0 Å². The number of nitrogens with one attached hydrogen (secondary N) is 1. The third-order valence-corrected chi connectivity index (χ3v) is 3.37. The summed E-state index contributed by atoms with van der Waals surface area (Å²) < 4.78 is 15.8. The van der Waals surface area contributed by atoms with E-state index in [9.17, 15) is 4.79 Å². The summed E-state index contributed by atoms with van der Waals surface area (Å²) in [6.45, 7) is 1.42. The quantitative estimate of drug-likeness (QED) is 0.707. The van der Waals surface area contributed by atoms with E-state index in [0.29, 0.717) is 30.5 Å². The number of hydrogen-bond donors (Lipinski definition) is 1. The molecule has 0 saturated carbocycles. The van der Waals surface area contributed by atoms with Crippen molar-refractivity contribution in [3.63, 3.8) is 0 Å². The molecule has 0 spiro atoms. The SMILES string of the molecule is COCCOc1ccc(CNC(=O)COc2cccc(Cl)c2)cc1. The number of benzene rings is 2. The zero-order chi connectivity index (χ0) is 17.2. The van der Waals surface area contributed by atoms with Gasteiger partial charge in [0.25, 0.3) is 5.91 Å². The van der Waals surface area contributed by atoms with E-state index in [4.69, 9.17) is 25.8 Å². The first-order valence-corrected chi connectivity index (χ1v) is 7.91. The molecule has 0 atom stereocenters. The van der Waals surface area contributed by atoms with E-state index in [1.54, 1.807) is 31.4 Å². The van der Waals surface area contributed by atoms with E-state index in [-0.39, 0.29) is 12.5 Å². The molecule has 1 N–H and O–H groups in total. The second kappa shape index (κ2) is 9.80. The minimum atomic E-state index is -0.199. The maximum atomic E-state index is 11.8. The topological polar surface area (TPSA) is 56.8 Å². The second-order valence-corrected chi connectivity index (χ2v) is 5.44. The van der Waals surface area contributed by atoms with Gasteiger partial charge in [0.15, 0.2) is 6.61 Å². The van der Waals surface area contributed by atoms with Crippen LogP contribution in [0.15, 0.2) is 48.5 Å². The lowest BCUT2D eigenvalue weighted by Crippen LogP contribution is -2.28. The van der Waals surface area contributed by atoms with Gasteiger partial charge in [0.1, 0.15) is 18.1 Å². The van der Waals surface area contributed by atoms with Gasteiger partial charge < -0.3 is 19.5 Å². The van der Waals surface area contributed by atoms with Crippen LogP contribution >= 0.6 is 11.6 Å². The number of ether oxygens (including phenoxy) is 3. The smallest absolute Gasteiger partial charge is 0.258 e. The first kappa shape index (κ1) is 18.1. The largest absolute Gasteiger partial charge is 0.491 e. The molecule has 128 valence electrons. The van der Waals surface area contributed by atoms with E-state index in [1.807, 2.05) is 24.3 Å². The van der Waals surface area contributed by atoms with Gasteiger partial charge in [-0.3, -0.25) is 4.79 Å². The van der Waals surface area contributed by atoms with Crippen LogP contribution < -0.4 is 14.8 Å². The molecule has 5 nitrogen and oxygen atoms in total. The minimum absolute atomic E-state index is 0.0570. The van der Waals surface area contributed by atoms with Gasteiger partial charge in [0.05, 0.1) is 6.61 Å². The zero-order valence-corrected chi connectivity index (χ0v) is 14.2. The highest BCUT2D eigenvalue weighted by Crippen LogP contribution is 2.17. The average Bonchev–Trinajstić information content (AvgIpc) is 2.59. The Labute approximate surface area is 146 Å². The number of hydrogen-bond acceptors (Lipinski definition) is 4. The van der Waals surface area contributed by atoms with Crippen molar-refractivity contribution < 1.29 is 19.0 Å². The van der Waals surface area contributed by atoms with Crippen LogP contribution in [0.5, 0.6) is 11.5 Å². The Hall–Kier alpha value is -2.24. The normalized spacial score (nSPS) is 10.2. The number of carbonyl (C=O) groups is 1. The Kier molecular flexibility index (Phi) is 7.39. The summed E-state index contributed by atoms with van der Waals surface area (Å²) in [7, 11) is 1.63. The van der Waals surface area contributed by atoms with Gasteiger partial charge in [-0.2, -0.15) is 0 Å². The Morgan fingerprint density at radius 2 is 1.83 bits per heavy atom. The Morgan fingerprint density at radius 1 is 1.04 bits per heavy atom. The number of amides is 1. The lowest BCUT2D eigenvalue weighted by Gasteiger charge is -2.09. The van der Waals surface area contributed by atoms with Gasteiger partial charge in [-0.15, -0.1) is 0 Å². The lowest BCUT2D eigenvalue weighted by molar-refractivity contribution is -0.123. The lowest BCUT2D eigenvalue weighted by atomic mass is 10.2. The molecule has 0 unspecified atom stereocenters. The van der Waals surface area contributed by atoms with E-state index in [0.717, 1.165) is 11.3 Å². The third-order valence-electron chi connectivity index (χ3n) is 3.14. The van der Waals surface area contributed by atoms with Crippen molar-refractivity contribution in [1.29, 1.82) is 0 Å². The molecule has 2 aromatic rings. The molecule has 0 aliphatic heterocycles. The molecule has 0 heterocycles. The standard InChI is InChI=1S/C18H20ClNO4/c1-22-9-10-23-16-7-5-14(6-8-16)12-20-18(21)13-24-17-4-2-3-15(19)11-17/h2-8,11H,9-10,12-13H2,1H3,(H,20,21). The maximum absolute atomic E-state index is 11.8. The Bertz CT molecular complexity index is 646. The van der Waals surface area contributed by atoms with Gasteiger partial charge in [-0.25, -0.2) is 0 Å². The van der Waals surface area contributed by atoms with Crippen molar-refractivity contribution in [2.45, 2.75) is 6.54 Å². The molecule has 2 aromatic carbocycles. The molecule has 6 heteroatoms. The van der Waals surface area contributed by atoms with Crippen molar-refractivity contribution in [3.05, 3.63) is 59.1 Å². The summed E-state index contributed by atoms with van der Waals surface area (Å²) in [5.74, 6) is 1.14. The molecule has 0 aromatic heterocycles. The van der Waals surface area contributed by atoms with Crippen molar-refractivity contribution in [1.82, 2.24) is 5.32 Å². The van der Waals surface area contributed by atoms with Crippen LogP contribution in [0, 0.1) is 0 Å². The van der Waals surface area contributed by atoms with Crippen LogP contribution in [0.25, 0.3) is 0 Å². The third kappa shape index (κ3) is 6.48. The number of methoxy groups -OCH3 is 1. The second-order valence-electron chi connectivity index (χ2n) is 5.01. The highest BCUT2D eigenvalue weighted by molar-refractivity contribution is 6.30. The van der Waals surface area contributed by atoms with Gasteiger partial charge >= 0.3 is 0 Å². The molecular formula is C18H20ClNO4. The van der Waals surface area contributed by atoms with Crippen LogP contribution in [0.2, 0.25) is 5.02 Å². The predicted molar refractivity (Wildman–Crippen MR) is 92.6 cm³/mol. The van der Waals surface area contributed by atoms with Crippen molar-refractivity contribution in [3.8, 4) is 11.5 Å². The van der Waals surface area contributed by atoms with Crippen LogP contribution in [0.1, 0.15) is 5.56 Å². The maximum Gasteiger partial charge on any atom is 0.258 e. The minimum Gasteiger partial charge on any atom is -0.491 e. The van der Waals surface area contributed by atoms with Crippen LogP contribution in [-0.2, 0) is 16.1 Å².